The average Bonchev–Trinajstić information content (AvgIpc) is 2.44. The van der Waals surface area contributed by atoms with Gasteiger partial charge in [-0.2, -0.15) is 0 Å². The van der Waals surface area contributed by atoms with Crippen LogP contribution in [0.3, 0.4) is 0 Å². The van der Waals surface area contributed by atoms with Crippen molar-refractivity contribution in [2.75, 3.05) is 11.9 Å². The molecule has 3 nitrogen and oxygen atoms in total. The second-order valence-electron chi connectivity index (χ2n) is 4.69. The van der Waals surface area contributed by atoms with Gasteiger partial charge in [-0.3, -0.25) is 0 Å². The summed E-state index contributed by atoms with van der Waals surface area (Å²) in [6.45, 7) is 6.30. The van der Waals surface area contributed by atoms with Gasteiger partial charge in [-0.25, -0.2) is 4.79 Å². The number of benzene rings is 2. The molecule has 0 saturated heterocycles. The van der Waals surface area contributed by atoms with Crippen LogP contribution < -0.4 is 5.32 Å². The van der Waals surface area contributed by atoms with Crippen LogP contribution in [0.1, 0.15) is 28.4 Å². The minimum atomic E-state index is -0.294. The zero-order valence-corrected chi connectivity index (χ0v) is 12.1. The van der Waals surface area contributed by atoms with E-state index < -0.39 is 0 Å². The van der Waals surface area contributed by atoms with Gasteiger partial charge in [-0.05, 0) is 50.1 Å². The molecular weight excluding hydrogens is 250 g/mol. The summed E-state index contributed by atoms with van der Waals surface area (Å²) in [6.07, 6.45) is 0. The molecule has 0 saturated carbocycles. The van der Waals surface area contributed by atoms with Crippen LogP contribution in [0.15, 0.2) is 42.5 Å². The van der Waals surface area contributed by atoms with E-state index >= 15 is 0 Å². The van der Waals surface area contributed by atoms with E-state index in [1.807, 2.05) is 24.3 Å². The number of esters is 1. The van der Waals surface area contributed by atoms with E-state index in [1.165, 1.54) is 11.1 Å². The number of para-hydroxylation sites is 1. The number of carbonyl (C=O) groups is 1. The molecule has 0 fully saturated rings. The fraction of sp³-hybridized carbons (Fsp3) is 0.235. The predicted molar refractivity (Wildman–Crippen MR) is 81.6 cm³/mol. The summed E-state index contributed by atoms with van der Waals surface area (Å²) in [5.41, 5.74) is 4.86. The molecule has 0 unspecified atom stereocenters. The van der Waals surface area contributed by atoms with Crippen LogP contribution in [0.2, 0.25) is 0 Å². The lowest BCUT2D eigenvalue weighted by Crippen LogP contribution is -2.05. The maximum Gasteiger partial charge on any atom is 0.338 e. The molecule has 0 aliphatic carbocycles. The van der Waals surface area contributed by atoms with E-state index in [0.29, 0.717) is 12.2 Å². The van der Waals surface area contributed by atoms with Gasteiger partial charge in [-0.1, -0.05) is 24.3 Å². The molecule has 0 atom stereocenters. The first kappa shape index (κ1) is 14.1. The minimum absolute atomic E-state index is 0.294. The van der Waals surface area contributed by atoms with E-state index in [0.717, 1.165) is 11.4 Å². The van der Waals surface area contributed by atoms with Crippen LogP contribution in [0.5, 0.6) is 0 Å². The highest BCUT2D eigenvalue weighted by Gasteiger charge is 2.08. The van der Waals surface area contributed by atoms with E-state index in [-0.39, 0.29) is 5.97 Å². The lowest BCUT2D eigenvalue weighted by molar-refractivity contribution is 0.0526. The maximum atomic E-state index is 11.7. The SMILES string of the molecule is CCOC(=O)c1cccc(Nc2c(C)cccc2C)c1. The van der Waals surface area contributed by atoms with Gasteiger partial charge < -0.3 is 10.1 Å². The molecule has 20 heavy (non-hydrogen) atoms. The molecule has 0 aromatic heterocycles. The van der Waals surface area contributed by atoms with Crippen LogP contribution in [0.4, 0.5) is 11.4 Å². The average molecular weight is 269 g/mol. The van der Waals surface area contributed by atoms with Crippen molar-refractivity contribution in [3.63, 3.8) is 0 Å². The first-order valence-electron chi connectivity index (χ1n) is 6.72. The molecule has 2 rings (SSSR count). The molecule has 0 spiro atoms. The van der Waals surface area contributed by atoms with Gasteiger partial charge in [0.05, 0.1) is 12.2 Å². The van der Waals surface area contributed by atoms with Crippen LogP contribution >= 0.6 is 0 Å². The monoisotopic (exact) mass is 269 g/mol. The van der Waals surface area contributed by atoms with Gasteiger partial charge in [0, 0.05) is 11.4 Å². The third-order valence-corrected chi connectivity index (χ3v) is 3.12. The zero-order valence-electron chi connectivity index (χ0n) is 12.1. The Balaban J connectivity index is 2.26. The van der Waals surface area contributed by atoms with Crippen LogP contribution in [-0.4, -0.2) is 12.6 Å². The first-order valence-corrected chi connectivity index (χ1v) is 6.72. The Morgan fingerprint density at radius 3 is 2.40 bits per heavy atom. The van der Waals surface area contributed by atoms with Gasteiger partial charge in [0.25, 0.3) is 0 Å². The molecule has 0 aliphatic rings. The molecule has 0 heterocycles. The second kappa shape index (κ2) is 6.24. The summed E-state index contributed by atoms with van der Waals surface area (Å²) in [4.78, 5) is 11.7. The fourth-order valence-electron chi connectivity index (χ4n) is 2.09. The van der Waals surface area contributed by atoms with Crippen molar-refractivity contribution in [1.29, 1.82) is 0 Å². The van der Waals surface area contributed by atoms with Gasteiger partial charge in [0.1, 0.15) is 0 Å². The van der Waals surface area contributed by atoms with E-state index in [9.17, 15) is 4.79 Å². The summed E-state index contributed by atoms with van der Waals surface area (Å²) in [6, 6.07) is 13.5. The van der Waals surface area contributed by atoms with Gasteiger partial charge in [-0.15, -0.1) is 0 Å². The molecule has 0 radical (unpaired) electrons. The molecule has 3 heteroatoms. The number of ether oxygens (including phenoxy) is 1. The summed E-state index contributed by atoms with van der Waals surface area (Å²) in [7, 11) is 0. The zero-order chi connectivity index (χ0) is 14.5. The molecule has 2 aromatic carbocycles. The van der Waals surface area contributed by atoms with Crippen molar-refractivity contribution in [2.45, 2.75) is 20.8 Å². The summed E-state index contributed by atoms with van der Waals surface area (Å²) in [5.74, 6) is -0.294. The fourth-order valence-corrected chi connectivity index (χ4v) is 2.09. The van der Waals surface area contributed by atoms with Crippen molar-refractivity contribution >= 4 is 17.3 Å². The summed E-state index contributed by atoms with van der Waals surface area (Å²) < 4.78 is 5.01. The largest absolute Gasteiger partial charge is 0.462 e. The van der Waals surface area contributed by atoms with Crippen molar-refractivity contribution in [3.8, 4) is 0 Å². The topological polar surface area (TPSA) is 38.3 Å². The third-order valence-electron chi connectivity index (χ3n) is 3.12. The molecule has 0 aliphatic heterocycles. The highest BCUT2D eigenvalue weighted by atomic mass is 16.5. The Hall–Kier alpha value is -2.29. The Morgan fingerprint density at radius 1 is 1.10 bits per heavy atom. The van der Waals surface area contributed by atoms with Gasteiger partial charge >= 0.3 is 5.97 Å². The van der Waals surface area contributed by atoms with Crippen molar-refractivity contribution in [1.82, 2.24) is 0 Å². The normalized spacial score (nSPS) is 10.2. The summed E-state index contributed by atoms with van der Waals surface area (Å²) >= 11 is 0. The molecule has 2 aromatic rings. The number of hydrogen-bond acceptors (Lipinski definition) is 3. The van der Waals surface area contributed by atoms with Crippen molar-refractivity contribution < 1.29 is 9.53 Å². The maximum absolute atomic E-state index is 11.7. The van der Waals surface area contributed by atoms with Crippen LogP contribution in [0, 0.1) is 13.8 Å². The predicted octanol–water partition coefficient (Wildman–Crippen LogP) is 4.22. The number of rotatable bonds is 4. The standard InChI is InChI=1S/C17H19NO2/c1-4-20-17(19)14-9-6-10-15(11-14)18-16-12(2)7-5-8-13(16)3/h5-11,18H,4H2,1-3H3. The summed E-state index contributed by atoms with van der Waals surface area (Å²) in [5, 5.41) is 3.37. The Morgan fingerprint density at radius 2 is 1.75 bits per heavy atom. The third kappa shape index (κ3) is 3.18. The Bertz CT molecular complexity index is 600. The lowest BCUT2D eigenvalue weighted by atomic mass is 10.1. The molecule has 104 valence electrons. The second-order valence-corrected chi connectivity index (χ2v) is 4.69. The Labute approximate surface area is 119 Å². The lowest BCUT2D eigenvalue weighted by Gasteiger charge is -2.13. The Kier molecular flexibility index (Phi) is 4.41. The molecule has 0 bridgehead atoms. The number of anilines is 2. The quantitative estimate of drug-likeness (QED) is 0.844. The van der Waals surface area contributed by atoms with E-state index in [4.69, 9.17) is 4.74 Å². The smallest absolute Gasteiger partial charge is 0.338 e. The molecule has 0 amide bonds. The number of carbonyl (C=O) groups excluding carboxylic acids is 1. The molecular formula is C17H19NO2. The minimum Gasteiger partial charge on any atom is -0.462 e. The number of hydrogen-bond donors (Lipinski definition) is 1. The number of nitrogens with one attached hydrogen (secondary N) is 1. The van der Waals surface area contributed by atoms with Crippen LogP contribution in [0.25, 0.3) is 0 Å². The van der Waals surface area contributed by atoms with Crippen molar-refractivity contribution in [2.24, 2.45) is 0 Å². The highest BCUT2D eigenvalue weighted by molar-refractivity contribution is 5.90. The van der Waals surface area contributed by atoms with Crippen LogP contribution in [-0.2, 0) is 4.74 Å². The van der Waals surface area contributed by atoms with Crippen molar-refractivity contribution in [3.05, 3.63) is 59.2 Å². The first-order chi connectivity index (χ1) is 9.61. The van der Waals surface area contributed by atoms with E-state index in [1.54, 1.807) is 13.0 Å². The molecule has 1 N–H and O–H groups in total. The van der Waals surface area contributed by atoms with Gasteiger partial charge in [0.2, 0.25) is 0 Å². The van der Waals surface area contributed by atoms with Gasteiger partial charge in [0.15, 0.2) is 0 Å². The van der Waals surface area contributed by atoms with E-state index in [2.05, 4.69) is 31.3 Å². The number of aryl methyl sites for hydroxylation is 2. The highest BCUT2D eigenvalue weighted by Crippen LogP contribution is 2.24.